The molecule has 126 valence electrons. The molecule has 0 radical (unpaired) electrons. The maximum Gasteiger partial charge on any atom is 0.258 e. The van der Waals surface area contributed by atoms with Crippen LogP contribution in [0.25, 0.3) is 22.0 Å². The lowest BCUT2D eigenvalue weighted by molar-refractivity contribution is 0.0707. The van der Waals surface area contributed by atoms with Crippen molar-refractivity contribution in [1.29, 1.82) is 5.26 Å². The summed E-state index contributed by atoms with van der Waals surface area (Å²) < 4.78 is 7.70. The highest BCUT2D eigenvalue weighted by atomic mass is 16.5. The summed E-state index contributed by atoms with van der Waals surface area (Å²) in [7, 11) is 0. The second-order valence-electron chi connectivity index (χ2n) is 6.39. The van der Waals surface area contributed by atoms with Gasteiger partial charge in [0.05, 0.1) is 23.4 Å². The Hall–Kier alpha value is -2.84. The number of aromatic amines is 1. The van der Waals surface area contributed by atoms with Crippen molar-refractivity contribution in [2.75, 3.05) is 13.2 Å². The fraction of sp³-hybridized carbons (Fsp3) is 0.300. The van der Waals surface area contributed by atoms with Gasteiger partial charge < -0.3 is 14.3 Å². The number of hydrogen-bond acceptors (Lipinski definition) is 3. The molecule has 0 spiro atoms. The van der Waals surface area contributed by atoms with Gasteiger partial charge in [-0.3, -0.25) is 4.79 Å². The second kappa shape index (κ2) is 6.58. The van der Waals surface area contributed by atoms with Crippen molar-refractivity contribution in [3.05, 3.63) is 58.6 Å². The van der Waals surface area contributed by atoms with E-state index in [0.717, 1.165) is 53.6 Å². The lowest BCUT2D eigenvalue weighted by atomic mass is 10.0. The smallest absolute Gasteiger partial charge is 0.258 e. The monoisotopic (exact) mass is 333 g/mol. The zero-order valence-corrected chi connectivity index (χ0v) is 13.9. The number of nitrogens with zero attached hydrogens (tertiary/aromatic N) is 2. The number of nitrogens with one attached hydrogen (secondary N) is 1. The summed E-state index contributed by atoms with van der Waals surface area (Å²) in [4.78, 5) is 15.3. The van der Waals surface area contributed by atoms with E-state index in [0.29, 0.717) is 12.5 Å². The Balaban J connectivity index is 1.86. The van der Waals surface area contributed by atoms with Crippen molar-refractivity contribution in [2.24, 2.45) is 0 Å². The molecule has 3 heterocycles. The average molecular weight is 333 g/mol. The van der Waals surface area contributed by atoms with Crippen LogP contribution in [0.3, 0.4) is 0 Å². The van der Waals surface area contributed by atoms with Crippen LogP contribution in [0.4, 0.5) is 0 Å². The van der Waals surface area contributed by atoms with Gasteiger partial charge in [0.15, 0.2) is 0 Å². The van der Waals surface area contributed by atoms with Crippen molar-refractivity contribution >= 4 is 10.9 Å². The molecule has 0 saturated carbocycles. The molecule has 0 unspecified atom stereocenters. The molecule has 25 heavy (non-hydrogen) atoms. The molecule has 1 saturated heterocycles. The molecule has 4 rings (SSSR count). The van der Waals surface area contributed by atoms with Crippen LogP contribution in [0.5, 0.6) is 0 Å². The number of benzene rings is 1. The first kappa shape index (κ1) is 15.7. The lowest BCUT2D eigenvalue weighted by Gasteiger charge is -2.24. The molecule has 1 aliphatic rings. The molecule has 0 aliphatic carbocycles. The molecule has 2 aromatic heterocycles. The first-order valence-electron chi connectivity index (χ1n) is 8.54. The van der Waals surface area contributed by atoms with Gasteiger partial charge in [0.2, 0.25) is 0 Å². The number of rotatable bonds is 3. The second-order valence-corrected chi connectivity index (χ2v) is 6.39. The van der Waals surface area contributed by atoms with Gasteiger partial charge in [-0.2, -0.15) is 5.26 Å². The first-order chi connectivity index (χ1) is 12.3. The van der Waals surface area contributed by atoms with Gasteiger partial charge >= 0.3 is 0 Å². The Morgan fingerprint density at radius 3 is 2.68 bits per heavy atom. The van der Waals surface area contributed by atoms with Crippen molar-refractivity contribution < 1.29 is 4.74 Å². The SMILES string of the molecule is N#CCc1ccc(-c2cn(C3CCOCC3)c3cc[nH]c(=O)c23)cc1. The van der Waals surface area contributed by atoms with Gasteiger partial charge in [-0.15, -0.1) is 0 Å². The minimum Gasteiger partial charge on any atom is -0.381 e. The molecule has 0 amide bonds. The molecule has 1 N–H and O–H groups in total. The summed E-state index contributed by atoms with van der Waals surface area (Å²) in [5, 5.41) is 9.55. The number of aromatic nitrogens is 2. The third kappa shape index (κ3) is 2.86. The molecule has 0 atom stereocenters. The van der Waals surface area contributed by atoms with Crippen LogP contribution >= 0.6 is 0 Å². The van der Waals surface area contributed by atoms with E-state index in [9.17, 15) is 4.79 Å². The van der Waals surface area contributed by atoms with E-state index in [4.69, 9.17) is 10.00 Å². The van der Waals surface area contributed by atoms with Crippen LogP contribution in [0.2, 0.25) is 0 Å². The van der Waals surface area contributed by atoms with Gasteiger partial charge in [-0.05, 0) is 30.0 Å². The van der Waals surface area contributed by atoms with Crippen LogP contribution in [-0.2, 0) is 11.2 Å². The minimum atomic E-state index is -0.0700. The number of hydrogen-bond donors (Lipinski definition) is 1. The highest BCUT2D eigenvalue weighted by molar-refractivity contribution is 5.95. The van der Waals surface area contributed by atoms with Gasteiger partial charge in [0, 0.05) is 37.2 Å². The van der Waals surface area contributed by atoms with Crippen molar-refractivity contribution in [3.63, 3.8) is 0 Å². The molecular weight excluding hydrogens is 314 g/mol. The highest BCUT2D eigenvalue weighted by Gasteiger charge is 2.21. The Labute approximate surface area is 145 Å². The summed E-state index contributed by atoms with van der Waals surface area (Å²) in [6.45, 7) is 1.51. The van der Waals surface area contributed by atoms with Crippen molar-refractivity contribution in [1.82, 2.24) is 9.55 Å². The van der Waals surface area contributed by atoms with E-state index in [-0.39, 0.29) is 5.56 Å². The largest absolute Gasteiger partial charge is 0.381 e. The molecule has 0 bridgehead atoms. The Morgan fingerprint density at radius 1 is 1.20 bits per heavy atom. The number of pyridine rings is 1. The normalized spacial score (nSPS) is 15.3. The lowest BCUT2D eigenvalue weighted by Crippen LogP contribution is -2.19. The summed E-state index contributed by atoms with van der Waals surface area (Å²) in [6.07, 6.45) is 6.11. The van der Waals surface area contributed by atoms with Crippen LogP contribution in [0.1, 0.15) is 24.4 Å². The Morgan fingerprint density at radius 2 is 1.96 bits per heavy atom. The zero-order valence-electron chi connectivity index (χ0n) is 13.9. The van der Waals surface area contributed by atoms with E-state index in [1.807, 2.05) is 30.3 Å². The number of H-pyrrole nitrogens is 1. The van der Waals surface area contributed by atoms with E-state index in [2.05, 4.69) is 21.8 Å². The third-order valence-corrected chi connectivity index (χ3v) is 4.89. The van der Waals surface area contributed by atoms with Crippen molar-refractivity contribution in [3.8, 4) is 17.2 Å². The highest BCUT2D eigenvalue weighted by Crippen LogP contribution is 2.33. The van der Waals surface area contributed by atoms with E-state index in [1.54, 1.807) is 6.20 Å². The van der Waals surface area contributed by atoms with Crippen LogP contribution in [-0.4, -0.2) is 22.8 Å². The topological polar surface area (TPSA) is 70.8 Å². The molecular formula is C20H19N3O2. The van der Waals surface area contributed by atoms with E-state index >= 15 is 0 Å². The van der Waals surface area contributed by atoms with Gasteiger partial charge in [-0.25, -0.2) is 0 Å². The molecule has 1 aromatic carbocycles. The quantitative estimate of drug-likeness (QED) is 0.798. The Bertz CT molecular complexity index is 986. The Kier molecular flexibility index (Phi) is 4.12. The fourth-order valence-electron chi connectivity index (χ4n) is 3.59. The predicted molar refractivity (Wildman–Crippen MR) is 96.4 cm³/mol. The predicted octanol–water partition coefficient (Wildman–Crippen LogP) is 3.41. The molecule has 5 nitrogen and oxygen atoms in total. The number of fused-ring (bicyclic) bond motifs is 1. The molecule has 1 aliphatic heterocycles. The number of nitriles is 1. The van der Waals surface area contributed by atoms with Gasteiger partial charge in [-0.1, -0.05) is 24.3 Å². The standard InChI is InChI=1S/C20H19N3O2/c21-9-5-14-1-3-15(4-2-14)17-13-23(16-7-11-25-12-8-16)18-6-10-22-20(24)19(17)18/h1-4,6,10,13,16H,5,7-8,11-12H2,(H,22,24). The molecule has 5 heteroatoms. The van der Waals surface area contributed by atoms with E-state index in [1.165, 1.54) is 0 Å². The number of ether oxygens (including phenoxy) is 1. The molecule has 1 fully saturated rings. The van der Waals surface area contributed by atoms with Crippen LogP contribution < -0.4 is 5.56 Å². The maximum atomic E-state index is 12.5. The first-order valence-corrected chi connectivity index (χ1v) is 8.54. The van der Waals surface area contributed by atoms with E-state index < -0.39 is 0 Å². The summed E-state index contributed by atoms with van der Waals surface area (Å²) in [5.74, 6) is 0. The van der Waals surface area contributed by atoms with Gasteiger partial charge in [0.1, 0.15) is 0 Å². The summed E-state index contributed by atoms with van der Waals surface area (Å²) in [5.41, 5.74) is 3.81. The third-order valence-electron chi connectivity index (χ3n) is 4.89. The zero-order chi connectivity index (χ0) is 17.2. The maximum absolute atomic E-state index is 12.5. The average Bonchev–Trinajstić information content (AvgIpc) is 3.04. The van der Waals surface area contributed by atoms with Crippen molar-refractivity contribution in [2.45, 2.75) is 25.3 Å². The summed E-state index contributed by atoms with van der Waals surface area (Å²) in [6, 6.07) is 12.4. The van der Waals surface area contributed by atoms with Crippen LogP contribution in [0, 0.1) is 11.3 Å². The van der Waals surface area contributed by atoms with Crippen LogP contribution in [0.15, 0.2) is 47.5 Å². The summed E-state index contributed by atoms with van der Waals surface area (Å²) >= 11 is 0. The molecule has 3 aromatic rings. The fourth-order valence-corrected chi connectivity index (χ4v) is 3.59. The minimum absolute atomic E-state index is 0.0700. The van der Waals surface area contributed by atoms with Gasteiger partial charge in [0.25, 0.3) is 5.56 Å².